The van der Waals surface area contributed by atoms with Crippen LogP contribution >= 0.6 is 11.9 Å². The molecule has 164 valence electrons. The van der Waals surface area contributed by atoms with Crippen molar-refractivity contribution in [3.8, 4) is 5.75 Å². The van der Waals surface area contributed by atoms with Crippen molar-refractivity contribution in [3.63, 3.8) is 0 Å². The Balaban J connectivity index is 1.47. The molecule has 1 heterocycles. The number of carbonyl (C=O) groups is 1. The molecule has 4 aromatic carbocycles. The van der Waals surface area contributed by atoms with Gasteiger partial charge in [0, 0.05) is 23.1 Å². The highest BCUT2D eigenvalue weighted by Crippen LogP contribution is 2.41. The van der Waals surface area contributed by atoms with Crippen LogP contribution in [0.4, 0.5) is 0 Å². The molecule has 0 amide bonds. The average molecular weight is 454 g/mol. The predicted molar refractivity (Wildman–Crippen MR) is 133 cm³/mol. The van der Waals surface area contributed by atoms with Crippen LogP contribution in [0.15, 0.2) is 108 Å². The number of likely N-dealkylation sites (N-methyl/N-ethyl adjacent to an activating group) is 1. The molecule has 0 aliphatic carbocycles. The summed E-state index contributed by atoms with van der Waals surface area (Å²) in [5.41, 5.74) is 2.09. The quantitative estimate of drug-likeness (QED) is 0.183. The van der Waals surface area contributed by atoms with Gasteiger partial charge in [0.2, 0.25) is 5.78 Å². The number of hydrogen-bond acceptors (Lipinski definition) is 5. The van der Waals surface area contributed by atoms with Crippen LogP contribution in [-0.2, 0) is 4.74 Å². The van der Waals surface area contributed by atoms with E-state index >= 15 is 0 Å². The van der Waals surface area contributed by atoms with Gasteiger partial charge in [-0.3, -0.25) is 4.79 Å². The Labute approximate surface area is 197 Å². The molecular formula is C28H23NO3S. The zero-order valence-corrected chi connectivity index (χ0v) is 19.0. The molecule has 0 N–H and O–H groups in total. The van der Waals surface area contributed by atoms with E-state index in [0.29, 0.717) is 30.2 Å². The molecule has 0 saturated carbocycles. The van der Waals surface area contributed by atoms with Gasteiger partial charge in [-0.25, -0.2) is 0 Å². The van der Waals surface area contributed by atoms with Gasteiger partial charge in [-0.05, 0) is 53.1 Å². The van der Waals surface area contributed by atoms with E-state index in [1.54, 1.807) is 0 Å². The predicted octanol–water partition coefficient (Wildman–Crippen LogP) is 6.44. The molecule has 0 unspecified atom stereocenters. The molecule has 0 atom stereocenters. The number of allylic oxidation sites excluding steroid dienone is 1. The zero-order valence-electron chi connectivity index (χ0n) is 18.2. The van der Waals surface area contributed by atoms with Crippen LogP contribution in [0.1, 0.15) is 15.9 Å². The van der Waals surface area contributed by atoms with Crippen molar-refractivity contribution < 1.29 is 14.3 Å². The summed E-state index contributed by atoms with van der Waals surface area (Å²) in [6.45, 7) is 0.704. The molecule has 4 nitrogen and oxygen atoms in total. The van der Waals surface area contributed by atoms with E-state index in [4.69, 9.17) is 9.47 Å². The molecule has 5 rings (SSSR count). The van der Waals surface area contributed by atoms with E-state index in [2.05, 4.69) is 0 Å². The van der Waals surface area contributed by atoms with E-state index in [1.807, 2.05) is 108 Å². The van der Waals surface area contributed by atoms with Gasteiger partial charge in [0.25, 0.3) is 0 Å². The lowest BCUT2D eigenvalue weighted by molar-refractivity contribution is 0.101. The second-order valence-electron chi connectivity index (χ2n) is 7.66. The monoisotopic (exact) mass is 453 g/mol. The van der Waals surface area contributed by atoms with Crippen LogP contribution in [0.3, 0.4) is 0 Å². The van der Waals surface area contributed by atoms with E-state index in [0.717, 1.165) is 27.0 Å². The van der Waals surface area contributed by atoms with Gasteiger partial charge in [0.1, 0.15) is 24.7 Å². The highest BCUT2D eigenvalue weighted by molar-refractivity contribution is 7.97. The first kappa shape index (κ1) is 21.2. The van der Waals surface area contributed by atoms with Crippen LogP contribution in [0.5, 0.6) is 5.75 Å². The molecule has 0 saturated heterocycles. The van der Waals surface area contributed by atoms with E-state index < -0.39 is 0 Å². The van der Waals surface area contributed by atoms with Crippen molar-refractivity contribution in [1.82, 2.24) is 4.31 Å². The maximum absolute atomic E-state index is 13.7. The molecular weight excluding hydrogens is 430 g/mol. The summed E-state index contributed by atoms with van der Waals surface area (Å²) in [4.78, 5) is 14.8. The lowest BCUT2D eigenvalue weighted by Crippen LogP contribution is -2.24. The molecule has 0 fully saturated rings. The van der Waals surface area contributed by atoms with Gasteiger partial charge in [0.15, 0.2) is 5.76 Å². The second kappa shape index (κ2) is 9.43. The highest BCUT2D eigenvalue weighted by Gasteiger charge is 2.30. The van der Waals surface area contributed by atoms with Crippen LogP contribution in [0.2, 0.25) is 0 Å². The Morgan fingerprint density at radius 1 is 0.788 bits per heavy atom. The molecule has 33 heavy (non-hydrogen) atoms. The van der Waals surface area contributed by atoms with E-state index in [-0.39, 0.29) is 5.78 Å². The van der Waals surface area contributed by atoms with Crippen molar-refractivity contribution in [1.29, 1.82) is 0 Å². The molecule has 4 aromatic rings. The lowest BCUT2D eigenvalue weighted by Gasteiger charge is -2.30. The highest BCUT2D eigenvalue weighted by atomic mass is 32.2. The maximum atomic E-state index is 13.7. The number of ether oxygens (including phenoxy) is 2. The van der Waals surface area contributed by atoms with Gasteiger partial charge < -0.3 is 13.8 Å². The smallest absolute Gasteiger partial charge is 0.213 e. The topological polar surface area (TPSA) is 38.8 Å². The number of benzene rings is 4. The van der Waals surface area contributed by atoms with Crippen LogP contribution < -0.4 is 4.74 Å². The van der Waals surface area contributed by atoms with E-state index in [1.165, 1.54) is 11.9 Å². The number of hydrogen-bond donors (Lipinski definition) is 0. The standard InChI is InChI=1S/C28H23NO3S/c1-29-26(27(30)22-16-15-20-9-5-6-10-21(20)19-22)28(24-13-7-8-14-25(24)33-29)32-18-17-31-23-11-3-2-4-12-23/h2-16,19H,17-18H2,1H3. The molecule has 5 heteroatoms. The van der Waals surface area contributed by atoms with Crippen molar-refractivity contribution in [3.05, 3.63) is 114 Å². The largest absolute Gasteiger partial charge is 0.490 e. The van der Waals surface area contributed by atoms with Crippen LogP contribution in [0.25, 0.3) is 16.5 Å². The number of para-hydroxylation sites is 1. The average Bonchev–Trinajstić information content (AvgIpc) is 2.86. The summed E-state index contributed by atoms with van der Waals surface area (Å²) < 4.78 is 13.9. The summed E-state index contributed by atoms with van der Waals surface area (Å²) in [5, 5.41) is 2.14. The molecule has 1 aliphatic heterocycles. The molecule has 0 spiro atoms. The third-order valence-corrected chi connectivity index (χ3v) is 6.47. The van der Waals surface area contributed by atoms with Gasteiger partial charge in [-0.2, -0.15) is 0 Å². The summed E-state index contributed by atoms with van der Waals surface area (Å²) in [6, 6.07) is 31.5. The van der Waals surface area contributed by atoms with Gasteiger partial charge in [0.05, 0.1) is 0 Å². The number of fused-ring (bicyclic) bond motifs is 2. The minimum Gasteiger partial charge on any atom is -0.490 e. The lowest BCUT2D eigenvalue weighted by atomic mass is 10.0. The number of Topliss-reactive ketones (excluding diaryl/α,β-unsaturated/α-hetero) is 1. The second-order valence-corrected chi connectivity index (χ2v) is 8.83. The van der Waals surface area contributed by atoms with Crippen LogP contribution in [0, 0.1) is 0 Å². The number of ketones is 1. The Hall–Kier alpha value is -3.70. The fourth-order valence-corrected chi connectivity index (χ4v) is 4.83. The van der Waals surface area contributed by atoms with Crippen molar-refractivity contribution in [2.45, 2.75) is 4.90 Å². The summed E-state index contributed by atoms with van der Waals surface area (Å²) in [6.07, 6.45) is 0. The molecule has 0 radical (unpaired) electrons. The minimum atomic E-state index is -0.0655. The SMILES string of the molecule is CN1Sc2ccccc2C(OCCOc2ccccc2)=C1C(=O)c1ccc2ccccc2c1. The van der Waals surface area contributed by atoms with Crippen LogP contribution in [-0.4, -0.2) is 30.3 Å². The first-order valence-electron chi connectivity index (χ1n) is 10.8. The summed E-state index contributed by atoms with van der Waals surface area (Å²) in [7, 11) is 1.90. The maximum Gasteiger partial charge on any atom is 0.213 e. The van der Waals surface area contributed by atoms with Crippen molar-refractivity contribution >= 4 is 34.3 Å². The van der Waals surface area contributed by atoms with Gasteiger partial charge in [-0.1, -0.05) is 66.7 Å². The molecule has 0 bridgehead atoms. The first-order chi connectivity index (χ1) is 16.2. The number of carbonyl (C=O) groups excluding carboxylic acids is 1. The Morgan fingerprint density at radius 2 is 1.48 bits per heavy atom. The van der Waals surface area contributed by atoms with Gasteiger partial charge in [-0.15, -0.1) is 0 Å². The Bertz CT molecular complexity index is 1330. The Morgan fingerprint density at radius 3 is 2.33 bits per heavy atom. The minimum absolute atomic E-state index is 0.0655. The first-order valence-corrected chi connectivity index (χ1v) is 11.6. The molecule has 0 aromatic heterocycles. The zero-order chi connectivity index (χ0) is 22.6. The fourth-order valence-electron chi connectivity index (χ4n) is 3.88. The third kappa shape index (κ3) is 4.45. The van der Waals surface area contributed by atoms with Gasteiger partial charge >= 0.3 is 0 Å². The summed E-state index contributed by atoms with van der Waals surface area (Å²) >= 11 is 1.53. The fraction of sp³-hybridized carbons (Fsp3) is 0.107. The number of nitrogens with zero attached hydrogens (tertiary/aromatic N) is 1. The molecule has 1 aliphatic rings. The van der Waals surface area contributed by atoms with E-state index in [9.17, 15) is 4.79 Å². The normalized spacial score (nSPS) is 13.1. The summed E-state index contributed by atoms with van der Waals surface area (Å²) in [5.74, 6) is 1.31. The Kier molecular flexibility index (Phi) is 6.05. The number of rotatable bonds is 7. The van der Waals surface area contributed by atoms with Crippen molar-refractivity contribution in [2.75, 3.05) is 20.3 Å². The van der Waals surface area contributed by atoms with Crippen molar-refractivity contribution in [2.24, 2.45) is 0 Å². The third-order valence-electron chi connectivity index (χ3n) is 5.47.